The van der Waals surface area contributed by atoms with Crippen molar-refractivity contribution in [3.8, 4) is 0 Å². The van der Waals surface area contributed by atoms with E-state index in [-0.39, 0.29) is 26.4 Å². The third-order valence-corrected chi connectivity index (χ3v) is 1.54. The van der Waals surface area contributed by atoms with Crippen LogP contribution in [0.25, 0.3) is 0 Å². The number of hydrogen-bond acceptors (Lipinski definition) is 6. The number of rotatable bonds is 8. The van der Waals surface area contributed by atoms with Gasteiger partial charge in [-0.3, -0.25) is 0 Å². The number of aliphatic hydroxyl groups excluding tert-OH is 2. The largest absolute Gasteiger partial charge is 0.458 e. The molecule has 0 aliphatic heterocycles. The molecular formula is C12H16O6. The van der Waals surface area contributed by atoms with Crippen molar-refractivity contribution in [1.29, 1.82) is 0 Å². The highest BCUT2D eigenvalue weighted by Crippen LogP contribution is 1.87. The summed E-state index contributed by atoms with van der Waals surface area (Å²) in [6.45, 7) is -0.196. The summed E-state index contributed by atoms with van der Waals surface area (Å²) in [7, 11) is 0. The molecule has 0 aromatic carbocycles. The fourth-order valence-electron chi connectivity index (χ4n) is 0.778. The molecule has 0 heterocycles. The lowest BCUT2D eigenvalue weighted by Gasteiger charge is -1.97. The van der Waals surface area contributed by atoms with Crippen molar-refractivity contribution >= 4 is 11.9 Å². The van der Waals surface area contributed by atoms with Gasteiger partial charge in [0.1, 0.15) is 13.2 Å². The maximum atomic E-state index is 11.0. The number of hydrogen-bond donors (Lipinski definition) is 2. The molecule has 0 amide bonds. The molecule has 0 aliphatic rings. The first kappa shape index (κ1) is 16.1. The molecule has 0 saturated carbocycles. The Labute approximate surface area is 105 Å². The van der Waals surface area contributed by atoms with Crippen molar-refractivity contribution in [2.24, 2.45) is 0 Å². The Kier molecular flexibility index (Phi) is 10.3. The summed E-state index contributed by atoms with van der Waals surface area (Å²) in [5.41, 5.74) is 0. The highest BCUT2D eigenvalue weighted by Gasteiger charge is 1.98. The van der Waals surface area contributed by atoms with Crippen LogP contribution in [0.4, 0.5) is 0 Å². The minimum Gasteiger partial charge on any atom is -0.458 e. The maximum Gasteiger partial charge on any atom is 0.331 e. The predicted molar refractivity (Wildman–Crippen MR) is 63.5 cm³/mol. The zero-order chi connectivity index (χ0) is 13.6. The molecule has 18 heavy (non-hydrogen) atoms. The molecular weight excluding hydrogens is 240 g/mol. The molecule has 0 spiro atoms. The second-order valence-electron chi connectivity index (χ2n) is 2.90. The molecule has 0 aliphatic carbocycles. The average Bonchev–Trinajstić information content (AvgIpc) is 2.37. The summed E-state index contributed by atoms with van der Waals surface area (Å²) in [5, 5.41) is 16.8. The first-order valence-corrected chi connectivity index (χ1v) is 5.24. The van der Waals surface area contributed by atoms with Crippen molar-refractivity contribution in [3.05, 3.63) is 36.5 Å². The lowest BCUT2D eigenvalue weighted by molar-refractivity contribution is -0.139. The van der Waals surface area contributed by atoms with Gasteiger partial charge in [-0.2, -0.15) is 0 Å². The van der Waals surface area contributed by atoms with Crippen LogP contribution in [0, 0.1) is 0 Å². The summed E-state index contributed by atoms with van der Waals surface area (Å²) in [4.78, 5) is 22.1. The average molecular weight is 256 g/mol. The van der Waals surface area contributed by atoms with E-state index in [1.807, 2.05) is 0 Å². The van der Waals surface area contributed by atoms with Crippen LogP contribution in [-0.4, -0.2) is 48.6 Å². The molecule has 0 radical (unpaired) electrons. The lowest BCUT2D eigenvalue weighted by atomic mass is 10.5. The molecule has 0 fully saturated rings. The number of esters is 2. The summed E-state index contributed by atoms with van der Waals surface area (Å²) in [6.07, 6.45) is 7.71. The molecule has 0 bridgehead atoms. The standard InChI is InChI=1S/C12H16O6/c13-7-1-3-9-17-11(15)5-6-12(16)18-10-4-2-8-14/h1-6,13-14H,7-10H2/b3-1+,4-2+,6-5-. The van der Waals surface area contributed by atoms with Gasteiger partial charge in [0, 0.05) is 12.2 Å². The topological polar surface area (TPSA) is 93.1 Å². The lowest BCUT2D eigenvalue weighted by Crippen LogP contribution is -2.04. The van der Waals surface area contributed by atoms with E-state index < -0.39 is 11.9 Å². The molecule has 0 aromatic rings. The molecule has 6 nitrogen and oxygen atoms in total. The molecule has 6 heteroatoms. The number of carbonyl (C=O) groups is 2. The first-order valence-electron chi connectivity index (χ1n) is 5.24. The zero-order valence-corrected chi connectivity index (χ0v) is 9.82. The molecule has 100 valence electrons. The van der Waals surface area contributed by atoms with Gasteiger partial charge in [0.25, 0.3) is 0 Å². The summed E-state index contributed by atoms with van der Waals surface area (Å²) < 4.78 is 9.32. The molecule has 0 rings (SSSR count). The quantitative estimate of drug-likeness (QED) is 0.352. The summed E-state index contributed by atoms with van der Waals surface area (Å²) in [5.74, 6) is -1.36. The van der Waals surface area contributed by atoms with E-state index in [0.29, 0.717) is 0 Å². The van der Waals surface area contributed by atoms with E-state index in [0.717, 1.165) is 12.2 Å². The van der Waals surface area contributed by atoms with E-state index in [2.05, 4.69) is 9.47 Å². The fraction of sp³-hybridized carbons (Fsp3) is 0.333. The van der Waals surface area contributed by atoms with Crippen LogP contribution in [0.5, 0.6) is 0 Å². The van der Waals surface area contributed by atoms with Crippen LogP contribution in [0.2, 0.25) is 0 Å². The van der Waals surface area contributed by atoms with E-state index >= 15 is 0 Å². The molecule has 0 unspecified atom stereocenters. The van der Waals surface area contributed by atoms with Gasteiger partial charge in [-0.1, -0.05) is 12.2 Å². The molecule has 0 aromatic heterocycles. The Balaban J connectivity index is 3.77. The second-order valence-corrected chi connectivity index (χ2v) is 2.90. The number of carbonyl (C=O) groups excluding carboxylic acids is 2. The fourth-order valence-corrected chi connectivity index (χ4v) is 0.778. The van der Waals surface area contributed by atoms with Crippen LogP contribution < -0.4 is 0 Å². The third-order valence-electron chi connectivity index (χ3n) is 1.54. The van der Waals surface area contributed by atoms with Crippen LogP contribution in [0.3, 0.4) is 0 Å². The zero-order valence-electron chi connectivity index (χ0n) is 9.82. The monoisotopic (exact) mass is 256 g/mol. The van der Waals surface area contributed by atoms with Gasteiger partial charge in [-0.25, -0.2) is 9.59 Å². The Hall–Kier alpha value is -1.92. The Bertz CT molecular complexity index is 297. The van der Waals surface area contributed by atoms with Gasteiger partial charge < -0.3 is 19.7 Å². The molecule has 0 saturated heterocycles. The summed E-state index contributed by atoms with van der Waals surface area (Å²) >= 11 is 0. The second kappa shape index (κ2) is 11.6. The highest BCUT2D eigenvalue weighted by molar-refractivity contribution is 5.91. The van der Waals surface area contributed by atoms with Crippen LogP contribution in [0.15, 0.2) is 36.5 Å². The Morgan fingerprint density at radius 2 is 1.17 bits per heavy atom. The minimum absolute atomic E-state index is 0.0258. The number of ether oxygens (including phenoxy) is 2. The van der Waals surface area contributed by atoms with E-state index in [9.17, 15) is 9.59 Å². The van der Waals surface area contributed by atoms with Gasteiger partial charge >= 0.3 is 11.9 Å². The Morgan fingerprint density at radius 1 is 0.778 bits per heavy atom. The van der Waals surface area contributed by atoms with Crippen molar-refractivity contribution in [2.75, 3.05) is 26.4 Å². The van der Waals surface area contributed by atoms with Crippen molar-refractivity contribution in [2.45, 2.75) is 0 Å². The van der Waals surface area contributed by atoms with Gasteiger partial charge in [0.05, 0.1) is 13.2 Å². The summed E-state index contributed by atoms with van der Waals surface area (Å²) in [6, 6.07) is 0. The molecule has 2 N–H and O–H groups in total. The van der Waals surface area contributed by atoms with Gasteiger partial charge in [-0.05, 0) is 12.2 Å². The minimum atomic E-state index is -0.680. The van der Waals surface area contributed by atoms with Crippen LogP contribution in [0.1, 0.15) is 0 Å². The van der Waals surface area contributed by atoms with Crippen LogP contribution >= 0.6 is 0 Å². The normalized spacial score (nSPS) is 11.4. The number of aliphatic hydroxyl groups is 2. The maximum absolute atomic E-state index is 11.0. The van der Waals surface area contributed by atoms with E-state index in [1.165, 1.54) is 24.3 Å². The van der Waals surface area contributed by atoms with Gasteiger partial charge in [-0.15, -0.1) is 0 Å². The van der Waals surface area contributed by atoms with Crippen LogP contribution in [-0.2, 0) is 19.1 Å². The van der Waals surface area contributed by atoms with Gasteiger partial charge in [0.15, 0.2) is 0 Å². The highest BCUT2D eigenvalue weighted by atomic mass is 16.5. The smallest absolute Gasteiger partial charge is 0.331 e. The Morgan fingerprint density at radius 3 is 1.50 bits per heavy atom. The van der Waals surface area contributed by atoms with E-state index in [4.69, 9.17) is 10.2 Å². The van der Waals surface area contributed by atoms with E-state index in [1.54, 1.807) is 0 Å². The van der Waals surface area contributed by atoms with Crippen molar-refractivity contribution in [1.82, 2.24) is 0 Å². The third kappa shape index (κ3) is 10.6. The van der Waals surface area contributed by atoms with Crippen molar-refractivity contribution in [3.63, 3.8) is 0 Å². The van der Waals surface area contributed by atoms with Gasteiger partial charge in [0.2, 0.25) is 0 Å². The predicted octanol–water partition coefficient (Wildman–Crippen LogP) is -0.274. The SMILES string of the molecule is O=C(/C=C\C(=O)OC/C=C/CO)OC/C=C/CO. The molecule has 0 atom stereocenters. The first-order chi connectivity index (χ1) is 8.70. The van der Waals surface area contributed by atoms with Crippen molar-refractivity contribution < 1.29 is 29.3 Å².